The third kappa shape index (κ3) is 2.10. The summed E-state index contributed by atoms with van der Waals surface area (Å²) in [4.78, 5) is 12.0. The minimum atomic E-state index is -0.581. The predicted molar refractivity (Wildman–Crippen MR) is 89.5 cm³/mol. The molecule has 1 N–H and O–H groups in total. The van der Waals surface area contributed by atoms with Gasteiger partial charge in [0.05, 0.1) is 5.41 Å². The molecule has 3 rings (SSSR count). The molecule has 122 valence electrons. The smallest absolute Gasteiger partial charge is 0.309 e. The van der Waals surface area contributed by atoms with Crippen LogP contribution < -0.4 is 0 Å². The van der Waals surface area contributed by atoms with Crippen molar-refractivity contribution in [3.8, 4) is 0 Å². The number of hydrogen-bond donors (Lipinski definition) is 1. The second kappa shape index (κ2) is 4.97. The van der Waals surface area contributed by atoms with E-state index in [0.717, 1.165) is 32.1 Å². The quantitative estimate of drug-likeness (QED) is 0.711. The van der Waals surface area contributed by atoms with Gasteiger partial charge in [-0.15, -0.1) is 6.58 Å². The summed E-state index contributed by atoms with van der Waals surface area (Å²) in [6.45, 7) is 10.7. The van der Waals surface area contributed by atoms with Crippen molar-refractivity contribution in [3.05, 3.63) is 24.3 Å². The third-order valence-corrected chi connectivity index (χ3v) is 7.38. The first-order valence-electron chi connectivity index (χ1n) is 8.84. The number of fused-ring (bicyclic) bond motifs is 3. The molecule has 0 aromatic rings. The lowest BCUT2D eigenvalue weighted by atomic mass is 9.45. The van der Waals surface area contributed by atoms with Gasteiger partial charge in [0.25, 0.3) is 0 Å². The van der Waals surface area contributed by atoms with E-state index in [-0.39, 0.29) is 10.8 Å². The summed E-state index contributed by atoms with van der Waals surface area (Å²) in [6.07, 6.45) is 12.1. The highest BCUT2D eigenvalue weighted by molar-refractivity contribution is 5.75. The van der Waals surface area contributed by atoms with E-state index < -0.39 is 11.4 Å². The molecule has 5 atom stereocenters. The molecule has 0 saturated heterocycles. The topological polar surface area (TPSA) is 37.3 Å². The zero-order valence-corrected chi connectivity index (χ0v) is 14.3. The van der Waals surface area contributed by atoms with Crippen LogP contribution in [-0.4, -0.2) is 11.1 Å². The number of rotatable bonds is 2. The molecule has 3 aliphatic rings. The van der Waals surface area contributed by atoms with Crippen LogP contribution in [0.25, 0.3) is 0 Å². The largest absolute Gasteiger partial charge is 0.481 e. The Morgan fingerprint density at radius 3 is 2.64 bits per heavy atom. The van der Waals surface area contributed by atoms with E-state index in [4.69, 9.17) is 0 Å². The van der Waals surface area contributed by atoms with E-state index >= 15 is 0 Å². The molecule has 2 heteroatoms. The lowest BCUT2D eigenvalue weighted by Crippen LogP contribution is -2.54. The predicted octanol–water partition coefficient (Wildman–Crippen LogP) is 5.21. The fraction of sp³-hybridized carbons (Fsp3) is 0.750. The summed E-state index contributed by atoms with van der Waals surface area (Å²) in [5.74, 6) is 0.322. The monoisotopic (exact) mass is 302 g/mol. The fourth-order valence-corrected chi connectivity index (χ4v) is 5.94. The van der Waals surface area contributed by atoms with Crippen LogP contribution >= 0.6 is 0 Å². The van der Waals surface area contributed by atoms with Gasteiger partial charge >= 0.3 is 5.97 Å². The Morgan fingerprint density at radius 1 is 1.27 bits per heavy atom. The van der Waals surface area contributed by atoms with Crippen molar-refractivity contribution in [1.82, 2.24) is 0 Å². The number of hydrogen-bond acceptors (Lipinski definition) is 1. The molecule has 0 radical (unpaired) electrons. The molecule has 0 amide bonds. The molecule has 0 aromatic carbocycles. The molecular weight excluding hydrogens is 272 g/mol. The lowest BCUT2D eigenvalue weighted by molar-refractivity contribution is -0.164. The van der Waals surface area contributed by atoms with E-state index in [0.29, 0.717) is 11.8 Å². The Labute approximate surface area is 134 Å². The second-order valence-electron chi connectivity index (χ2n) is 8.69. The number of allylic oxidation sites excluding steroid dienone is 3. The Morgan fingerprint density at radius 2 is 2.00 bits per heavy atom. The van der Waals surface area contributed by atoms with Crippen molar-refractivity contribution >= 4 is 5.97 Å². The normalized spacial score (nSPS) is 47.9. The van der Waals surface area contributed by atoms with Gasteiger partial charge in [-0.2, -0.15) is 0 Å². The minimum absolute atomic E-state index is 0.139. The molecular formula is C20H30O2. The average Bonchev–Trinajstić information content (AvgIpc) is 2.46. The van der Waals surface area contributed by atoms with Crippen molar-refractivity contribution < 1.29 is 9.90 Å². The average molecular weight is 302 g/mol. The number of carboxylic acid groups (broad SMARTS) is 1. The Hall–Kier alpha value is -1.05. The van der Waals surface area contributed by atoms with E-state index in [2.05, 4.69) is 32.6 Å². The van der Waals surface area contributed by atoms with Crippen LogP contribution in [0.4, 0.5) is 0 Å². The fourth-order valence-electron chi connectivity index (χ4n) is 5.94. The van der Waals surface area contributed by atoms with E-state index in [1.807, 2.05) is 6.92 Å². The maximum absolute atomic E-state index is 12.0. The molecule has 0 aliphatic heterocycles. The van der Waals surface area contributed by atoms with Gasteiger partial charge in [0.1, 0.15) is 0 Å². The molecule has 0 heterocycles. The highest BCUT2D eigenvalue weighted by Crippen LogP contribution is 2.63. The molecule has 0 bridgehead atoms. The first kappa shape index (κ1) is 15.8. The molecule has 3 aliphatic carbocycles. The third-order valence-electron chi connectivity index (χ3n) is 7.38. The molecule has 2 fully saturated rings. The summed E-state index contributed by atoms with van der Waals surface area (Å²) in [6, 6.07) is 0. The van der Waals surface area contributed by atoms with E-state index in [9.17, 15) is 9.90 Å². The van der Waals surface area contributed by atoms with Gasteiger partial charge in [0.15, 0.2) is 0 Å². The van der Waals surface area contributed by atoms with Crippen LogP contribution in [0.2, 0.25) is 0 Å². The van der Waals surface area contributed by atoms with Gasteiger partial charge in [0, 0.05) is 5.41 Å². The summed E-state index contributed by atoms with van der Waals surface area (Å²) in [5, 5.41) is 9.84. The maximum atomic E-state index is 12.0. The maximum Gasteiger partial charge on any atom is 0.309 e. The van der Waals surface area contributed by atoms with Gasteiger partial charge in [-0.3, -0.25) is 4.79 Å². The minimum Gasteiger partial charge on any atom is -0.481 e. The van der Waals surface area contributed by atoms with Gasteiger partial charge in [0.2, 0.25) is 0 Å². The van der Waals surface area contributed by atoms with Crippen molar-refractivity contribution in [1.29, 1.82) is 0 Å². The molecule has 0 aromatic heterocycles. The summed E-state index contributed by atoms with van der Waals surface area (Å²) in [5.41, 5.74) is 1.36. The molecule has 0 spiro atoms. The zero-order chi connectivity index (χ0) is 16.2. The molecule has 22 heavy (non-hydrogen) atoms. The number of carboxylic acids is 1. The van der Waals surface area contributed by atoms with Crippen molar-refractivity contribution in [2.45, 2.75) is 65.7 Å². The van der Waals surface area contributed by atoms with Crippen LogP contribution in [0.3, 0.4) is 0 Å². The Kier molecular flexibility index (Phi) is 3.58. The Balaban J connectivity index is 1.99. The molecule has 2 nitrogen and oxygen atoms in total. The van der Waals surface area contributed by atoms with Gasteiger partial charge in [-0.25, -0.2) is 0 Å². The van der Waals surface area contributed by atoms with Crippen molar-refractivity contribution in [3.63, 3.8) is 0 Å². The van der Waals surface area contributed by atoms with Crippen LogP contribution in [0, 0.1) is 28.1 Å². The highest BCUT2D eigenvalue weighted by Gasteiger charge is 2.58. The van der Waals surface area contributed by atoms with Crippen LogP contribution in [0.15, 0.2) is 24.3 Å². The van der Waals surface area contributed by atoms with E-state index in [1.54, 1.807) is 5.57 Å². The zero-order valence-electron chi connectivity index (χ0n) is 14.3. The summed E-state index contributed by atoms with van der Waals surface area (Å²) in [7, 11) is 0. The lowest BCUT2D eigenvalue weighted by Gasteiger charge is -2.59. The van der Waals surface area contributed by atoms with Gasteiger partial charge in [-0.1, -0.05) is 38.0 Å². The van der Waals surface area contributed by atoms with Crippen molar-refractivity contribution in [2.75, 3.05) is 0 Å². The highest BCUT2D eigenvalue weighted by atomic mass is 16.4. The van der Waals surface area contributed by atoms with Gasteiger partial charge in [-0.05, 0) is 62.7 Å². The first-order chi connectivity index (χ1) is 10.3. The summed E-state index contributed by atoms with van der Waals surface area (Å²) < 4.78 is 0. The van der Waals surface area contributed by atoms with Crippen molar-refractivity contribution in [2.24, 2.45) is 28.1 Å². The van der Waals surface area contributed by atoms with Crippen LogP contribution in [0.5, 0.6) is 0 Å². The number of carbonyl (C=O) groups is 1. The summed E-state index contributed by atoms with van der Waals surface area (Å²) >= 11 is 0. The van der Waals surface area contributed by atoms with Crippen LogP contribution in [0.1, 0.15) is 65.7 Å². The van der Waals surface area contributed by atoms with E-state index in [1.165, 1.54) is 12.8 Å². The first-order valence-corrected chi connectivity index (χ1v) is 8.84. The standard InChI is InChI=1S/C20H30O2/c1-5-18(2)12-9-15-14(13-18)7-8-16-19(15,3)10-6-11-20(16,4)17(21)22/h5,13,15-16H,1,6-12H2,2-4H3,(H,21,22)/t15?,16?,18-,19-,20+/m0/s1. The van der Waals surface area contributed by atoms with Crippen LogP contribution in [-0.2, 0) is 4.79 Å². The Bertz CT molecular complexity index is 534. The SMILES string of the molecule is C=C[C@]1(C)C=C2CCC3[C@@](C)(CCC[C@@]3(C)C(=O)O)C2CC1. The molecule has 2 saturated carbocycles. The second-order valence-corrected chi connectivity index (χ2v) is 8.69. The molecule has 2 unspecified atom stereocenters. The van der Waals surface area contributed by atoms with Gasteiger partial charge < -0.3 is 5.11 Å². The number of aliphatic carboxylic acids is 1.